The fourth-order valence-corrected chi connectivity index (χ4v) is 3.68. The van der Waals surface area contributed by atoms with Crippen molar-refractivity contribution in [3.63, 3.8) is 0 Å². The minimum Gasteiger partial charge on any atom is -0.481 e. The van der Waals surface area contributed by atoms with Crippen molar-refractivity contribution in [3.05, 3.63) is 45.8 Å². The summed E-state index contributed by atoms with van der Waals surface area (Å²) in [6.45, 7) is 1.24. The number of thiophene rings is 1. The molecule has 0 amide bonds. The first-order valence-electron chi connectivity index (χ1n) is 6.71. The molecule has 0 aromatic carbocycles. The highest BCUT2D eigenvalue weighted by atomic mass is 32.1. The van der Waals surface area contributed by atoms with Gasteiger partial charge in [0.15, 0.2) is 0 Å². The molecule has 0 radical (unpaired) electrons. The van der Waals surface area contributed by atoms with E-state index in [1.807, 2.05) is 28.5 Å². The summed E-state index contributed by atoms with van der Waals surface area (Å²) in [5.41, 5.74) is 1.83. The van der Waals surface area contributed by atoms with Gasteiger partial charge in [0.05, 0.1) is 7.11 Å². The fourth-order valence-electron chi connectivity index (χ4n) is 2.77. The highest BCUT2D eigenvalue weighted by Gasteiger charge is 2.34. The monoisotopic (exact) mass is 304 g/mol. The highest BCUT2D eigenvalue weighted by Crippen LogP contribution is 2.35. The van der Waals surface area contributed by atoms with E-state index in [9.17, 15) is 9.90 Å². The van der Waals surface area contributed by atoms with Crippen molar-refractivity contribution in [1.29, 1.82) is 0 Å². The Balaban J connectivity index is 1.90. The van der Waals surface area contributed by atoms with E-state index in [4.69, 9.17) is 4.74 Å². The normalized spacial score (nSPS) is 18.2. The Bertz CT molecular complexity index is 656. The third kappa shape index (κ3) is 2.64. The maximum absolute atomic E-state index is 11.7. The van der Waals surface area contributed by atoms with Crippen LogP contribution in [0.1, 0.15) is 22.0 Å². The van der Waals surface area contributed by atoms with E-state index in [1.165, 1.54) is 4.88 Å². The van der Waals surface area contributed by atoms with E-state index < -0.39 is 12.0 Å². The van der Waals surface area contributed by atoms with Gasteiger partial charge in [-0.15, -0.1) is 11.3 Å². The zero-order valence-corrected chi connectivity index (χ0v) is 12.5. The summed E-state index contributed by atoms with van der Waals surface area (Å²) in [5.74, 6) is -0.255. The van der Waals surface area contributed by atoms with Crippen molar-refractivity contribution in [1.82, 2.24) is 9.88 Å². The average Bonchev–Trinajstić information content (AvgIpc) is 2.95. The maximum atomic E-state index is 11.7. The van der Waals surface area contributed by atoms with Crippen molar-refractivity contribution < 1.29 is 14.6 Å². The molecular formula is C15H16N2O3S. The Morgan fingerprint density at radius 3 is 3.19 bits per heavy atom. The van der Waals surface area contributed by atoms with Crippen LogP contribution in [0.5, 0.6) is 5.88 Å². The van der Waals surface area contributed by atoms with Gasteiger partial charge in [-0.05, 0) is 29.5 Å². The molecule has 0 aliphatic carbocycles. The molecule has 1 atom stereocenters. The van der Waals surface area contributed by atoms with E-state index in [0.29, 0.717) is 12.4 Å². The molecule has 0 saturated carbocycles. The summed E-state index contributed by atoms with van der Waals surface area (Å²) in [7, 11) is 1.58. The largest absolute Gasteiger partial charge is 0.481 e. The minimum atomic E-state index is -0.808. The number of aliphatic carboxylic acids is 1. The summed E-state index contributed by atoms with van der Waals surface area (Å²) in [4.78, 5) is 19.0. The van der Waals surface area contributed by atoms with Crippen molar-refractivity contribution >= 4 is 17.3 Å². The van der Waals surface area contributed by atoms with Crippen molar-refractivity contribution in [3.8, 4) is 5.88 Å². The van der Waals surface area contributed by atoms with Crippen LogP contribution < -0.4 is 4.74 Å². The first-order chi connectivity index (χ1) is 10.2. The molecule has 2 aromatic rings. The molecule has 0 bridgehead atoms. The highest BCUT2D eigenvalue weighted by molar-refractivity contribution is 7.10. The molecule has 110 valence electrons. The van der Waals surface area contributed by atoms with Gasteiger partial charge in [0.25, 0.3) is 0 Å². The summed E-state index contributed by atoms with van der Waals surface area (Å²) in [5, 5.41) is 11.6. The van der Waals surface area contributed by atoms with Crippen LogP contribution in [0, 0.1) is 0 Å². The van der Waals surface area contributed by atoms with E-state index >= 15 is 0 Å². The lowest BCUT2D eigenvalue weighted by molar-refractivity contribution is -0.144. The first-order valence-corrected chi connectivity index (χ1v) is 7.59. The fraction of sp³-hybridized carbons (Fsp3) is 0.333. The number of ether oxygens (including phenoxy) is 1. The van der Waals surface area contributed by atoms with E-state index in [0.717, 1.165) is 24.1 Å². The molecule has 1 unspecified atom stereocenters. The SMILES string of the molecule is COc1ncccc1CN1CCc2sccc2C1C(=O)O. The standard InChI is InChI=1S/C15H16N2O3S/c1-20-14-10(3-2-6-16-14)9-17-7-4-12-11(5-8-21-12)13(17)15(18)19/h2-3,5-6,8,13H,4,7,9H2,1H3,(H,18,19). The topological polar surface area (TPSA) is 62.7 Å². The Morgan fingerprint density at radius 1 is 1.57 bits per heavy atom. The molecule has 3 heterocycles. The second kappa shape index (κ2) is 5.83. The molecule has 2 aromatic heterocycles. The number of aromatic nitrogens is 1. The molecule has 1 N–H and O–H groups in total. The van der Waals surface area contributed by atoms with Crippen molar-refractivity contribution in [2.45, 2.75) is 19.0 Å². The number of hydrogen-bond donors (Lipinski definition) is 1. The smallest absolute Gasteiger partial charge is 0.325 e. The molecule has 0 fully saturated rings. The van der Waals surface area contributed by atoms with Gasteiger partial charge in [-0.25, -0.2) is 4.98 Å². The molecular weight excluding hydrogens is 288 g/mol. The second-order valence-electron chi connectivity index (χ2n) is 4.93. The number of fused-ring (bicyclic) bond motifs is 1. The number of rotatable bonds is 4. The molecule has 1 aliphatic heterocycles. The van der Waals surface area contributed by atoms with Gasteiger partial charge in [0.1, 0.15) is 6.04 Å². The Kier molecular flexibility index (Phi) is 3.90. The molecule has 21 heavy (non-hydrogen) atoms. The lowest BCUT2D eigenvalue weighted by atomic mass is 9.99. The molecule has 3 rings (SSSR count). The van der Waals surface area contributed by atoms with Gasteiger partial charge in [-0.2, -0.15) is 0 Å². The Morgan fingerprint density at radius 2 is 2.43 bits per heavy atom. The molecule has 0 spiro atoms. The quantitative estimate of drug-likeness (QED) is 0.939. The van der Waals surface area contributed by atoms with E-state index in [1.54, 1.807) is 24.6 Å². The second-order valence-corrected chi connectivity index (χ2v) is 5.93. The zero-order chi connectivity index (χ0) is 14.8. The van der Waals surface area contributed by atoms with Crippen molar-refractivity contribution in [2.75, 3.05) is 13.7 Å². The van der Waals surface area contributed by atoms with Crippen LogP contribution in [0.4, 0.5) is 0 Å². The first kappa shape index (κ1) is 14.0. The number of carbonyl (C=O) groups is 1. The van der Waals surface area contributed by atoms with E-state index in [-0.39, 0.29) is 0 Å². The summed E-state index contributed by atoms with van der Waals surface area (Å²) in [6, 6.07) is 5.09. The van der Waals surface area contributed by atoms with Gasteiger partial charge in [0, 0.05) is 29.7 Å². The average molecular weight is 304 g/mol. The Hall–Kier alpha value is -1.92. The lowest BCUT2D eigenvalue weighted by Gasteiger charge is -2.33. The lowest BCUT2D eigenvalue weighted by Crippen LogP contribution is -2.38. The minimum absolute atomic E-state index is 0.517. The van der Waals surface area contributed by atoms with Crippen LogP contribution in [-0.4, -0.2) is 34.6 Å². The van der Waals surface area contributed by atoms with Gasteiger partial charge < -0.3 is 9.84 Å². The number of carboxylic acids is 1. The van der Waals surface area contributed by atoms with Gasteiger partial charge in [0.2, 0.25) is 5.88 Å². The van der Waals surface area contributed by atoms with E-state index in [2.05, 4.69) is 4.98 Å². The molecule has 1 aliphatic rings. The Labute approximate surface area is 126 Å². The summed E-state index contributed by atoms with van der Waals surface area (Å²) >= 11 is 1.64. The van der Waals surface area contributed by atoms with Crippen LogP contribution >= 0.6 is 11.3 Å². The number of carboxylic acid groups (broad SMARTS) is 1. The summed E-state index contributed by atoms with van der Waals surface area (Å²) in [6.07, 6.45) is 2.56. The van der Waals surface area contributed by atoms with Crippen LogP contribution in [0.3, 0.4) is 0 Å². The number of nitrogens with zero attached hydrogens (tertiary/aromatic N) is 2. The van der Waals surface area contributed by atoms with Gasteiger partial charge in [-0.3, -0.25) is 9.69 Å². The molecule has 5 nitrogen and oxygen atoms in total. The molecule has 0 saturated heterocycles. The van der Waals surface area contributed by atoms with Gasteiger partial charge >= 0.3 is 5.97 Å². The zero-order valence-electron chi connectivity index (χ0n) is 11.7. The number of hydrogen-bond acceptors (Lipinski definition) is 5. The molecule has 6 heteroatoms. The third-order valence-electron chi connectivity index (χ3n) is 3.72. The van der Waals surface area contributed by atoms with Gasteiger partial charge in [-0.1, -0.05) is 6.07 Å². The van der Waals surface area contributed by atoms with Crippen LogP contribution in [0.2, 0.25) is 0 Å². The predicted octanol–water partition coefficient (Wildman–Crippen LogP) is 2.34. The predicted molar refractivity (Wildman–Crippen MR) is 79.6 cm³/mol. The maximum Gasteiger partial charge on any atom is 0.325 e. The number of pyridine rings is 1. The summed E-state index contributed by atoms with van der Waals surface area (Å²) < 4.78 is 5.25. The van der Waals surface area contributed by atoms with Crippen LogP contribution in [0.15, 0.2) is 29.8 Å². The van der Waals surface area contributed by atoms with Crippen molar-refractivity contribution in [2.24, 2.45) is 0 Å². The van der Waals surface area contributed by atoms with Crippen LogP contribution in [0.25, 0.3) is 0 Å². The van der Waals surface area contributed by atoms with Crippen LogP contribution in [-0.2, 0) is 17.8 Å². The number of methoxy groups -OCH3 is 1. The third-order valence-corrected chi connectivity index (χ3v) is 4.71.